The maximum atomic E-state index is 0. The molecule has 0 aromatic rings. The van der Waals surface area contributed by atoms with Gasteiger partial charge in [-0.1, -0.05) is 0 Å². The van der Waals surface area contributed by atoms with Crippen LogP contribution in [0.1, 0.15) is 0 Å². The predicted molar refractivity (Wildman–Crippen MR) is 29.8 cm³/mol. The summed E-state index contributed by atoms with van der Waals surface area (Å²) in [5.41, 5.74) is 0. The molecule has 0 rings (SSSR count). The van der Waals surface area contributed by atoms with E-state index in [2.05, 4.69) is 0 Å². The van der Waals surface area contributed by atoms with Crippen LogP contribution in [-0.2, 0) is 39.4 Å². The minimum Gasteiger partial charge on any atom is -0.0149 e. The minimum absolute atomic E-state index is 0. The zero-order valence-electron chi connectivity index (χ0n) is 0.603. The van der Waals surface area contributed by atoms with E-state index in [0.29, 0.717) is 0 Å². The molecule has 5 heteroatoms. The van der Waals surface area contributed by atoms with Crippen LogP contribution >= 0.6 is 0 Å². The Labute approximate surface area is 89.5 Å². The Morgan fingerprint density at radius 1 is 1.00 bits per heavy atom. The second kappa shape index (κ2) is 29.3. The fourth-order valence-corrected chi connectivity index (χ4v) is 0. The summed E-state index contributed by atoms with van der Waals surface area (Å²) in [5, 5.41) is 0. The van der Waals surface area contributed by atoms with Crippen molar-refractivity contribution < 1.29 is 39.4 Å². The fraction of sp³-hybridized carbons (Fsp3) is 0. The van der Waals surface area contributed by atoms with Gasteiger partial charge >= 0.3 is 23.1 Å². The maximum Gasteiger partial charge on any atom is 0.316 e. The van der Waals surface area contributed by atoms with Gasteiger partial charge in [0.2, 0.25) is 0 Å². The molecule has 0 saturated carbocycles. The first-order valence-electron chi connectivity index (χ1n) is 0. The molecule has 0 aromatic carbocycles. The Hall–Kier alpha value is 2.78. The summed E-state index contributed by atoms with van der Waals surface area (Å²) in [6, 6.07) is 0. The topological polar surface area (TPSA) is 0 Å². The van der Waals surface area contributed by atoms with E-state index in [4.69, 9.17) is 0 Å². The van der Waals surface area contributed by atoms with Crippen LogP contribution in [0.15, 0.2) is 0 Å². The van der Waals surface area contributed by atoms with Crippen molar-refractivity contribution in [1.29, 1.82) is 0 Å². The van der Waals surface area contributed by atoms with Gasteiger partial charge in [-0.05, 0) is 11.0 Å². The SMILES string of the molecule is [Ag].[AlH3].[Cu].[MgH2].[SiH4]. The van der Waals surface area contributed by atoms with Gasteiger partial charge in [-0.15, -0.1) is 0 Å². The second-order valence-corrected chi connectivity index (χ2v) is 0. The molecule has 2 radical (unpaired) electrons. The van der Waals surface area contributed by atoms with Crippen molar-refractivity contribution in [2.24, 2.45) is 0 Å². The van der Waals surface area contributed by atoms with Crippen LogP contribution in [0.25, 0.3) is 0 Å². The van der Waals surface area contributed by atoms with Gasteiger partial charge in [0.05, 0.1) is 0 Å². The van der Waals surface area contributed by atoms with E-state index in [1.54, 1.807) is 0 Å². The zero-order chi connectivity index (χ0) is 0. The third kappa shape index (κ3) is 20.1. The van der Waals surface area contributed by atoms with Crippen LogP contribution in [0.4, 0.5) is 0 Å². The summed E-state index contributed by atoms with van der Waals surface area (Å²) >= 11 is 0. The van der Waals surface area contributed by atoms with Crippen LogP contribution in [0, 0.1) is 0 Å². The van der Waals surface area contributed by atoms with Gasteiger partial charge in [0.25, 0.3) is 0 Å². The maximum absolute atomic E-state index is 0. The summed E-state index contributed by atoms with van der Waals surface area (Å²) in [6.07, 6.45) is 0. The summed E-state index contributed by atoms with van der Waals surface area (Å²) in [4.78, 5) is 0. The van der Waals surface area contributed by atoms with Crippen molar-refractivity contribution in [3.8, 4) is 0 Å². The van der Waals surface area contributed by atoms with Crippen molar-refractivity contribution in [3.63, 3.8) is 0 Å². The van der Waals surface area contributed by atoms with Crippen molar-refractivity contribution in [1.82, 2.24) is 0 Å². The molecule has 0 aliphatic rings. The molecule has 0 N–H and O–H groups in total. The fourth-order valence-electron chi connectivity index (χ4n) is 0. The Kier molecular flexibility index (Phi) is 272. The summed E-state index contributed by atoms with van der Waals surface area (Å²) in [5.74, 6) is 0. The third-order valence-corrected chi connectivity index (χ3v) is 0. The van der Waals surface area contributed by atoms with Crippen LogP contribution < -0.4 is 0 Å². The smallest absolute Gasteiger partial charge is 0.0149 e. The van der Waals surface area contributed by atoms with E-state index in [1.807, 2.05) is 0 Å². The molecule has 0 nitrogen and oxygen atoms in total. The first-order valence-corrected chi connectivity index (χ1v) is 0. The standard InChI is InChI=1S/Ag.Al.Cu.Mg.H4Si.5H/h;;;;1H4;;;;;. The molecule has 0 aliphatic heterocycles. The molecule has 0 atom stereocenters. The van der Waals surface area contributed by atoms with Crippen LogP contribution in [0.2, 0.25) is 0 Å². The molecule has 0 aliphatic carbocycles. The van der Waals surface area contributed by atoms with Gasteiger partial charge in [-0.25, -0.2) is 0 Å². The van der Waals surface area contributed by atoms with Gasteiger partial charge < -0.3 is 0 Å². The molecule has 0 fully saturated rings. The minimum atomic E-state index is 0. The average molecular weight is 260 g/mol. The Morgan fingerprint density at radius 2 is 1.00 bits per heavy atom. The molecule has 0 aromatic heterocycles. The molecule has 0 unspecified atom stereocenters. The van der Waals surface area contributed by atoms with Gasteiger partial charge in [-0.3, -0.25) is 0 Å². The molecule has 5 heavy (non-hydrogen) atoms. The molecule has 0 saturated heterocycles. The van der Waals surface area contributed by atoms with Crippen molar-refractivity contribution in [2.45, 2.75) is 0 Å². The Bertz CT molecular complexity index is 11.6. The monoisotopic (exact) mass is 258 g/mol. The molecular weight excluding hydrogens is 251 g/mol. The Morgan fingerprint density at radius 3 is 1.00 bits per heavy atom. The van der Waals surface area contributed by atoms with E-state index in [0.717, 1.165) is 0 Å². The van der Waals surface area contributed by atoms with E-state index < -0.39 is 0 Å². The van der Waals surface area contributed by atoms with Gasteiger partial charge in [-0.2, -0.15) is 0 Å². The van der Waals surface area contributed by atoms with E-state index in [9.17, 15) is 0 Å². The Balaban J connectivity index is 0. The first-order chi connectivity index (χ1) is 0. The molecular formula is H9AgAlCuMgSi. The van der Waals surface area contributed by atoms with Gasteiger partial charge in [0.15, 0.2) is 17.4 Å². The number of hydrogen-bond donors (Lipinski definition) is 0. The van der Waals surface area contributed by atoms with Crippen molar-refractivity contribution >= 4 is 51.4 Å². The van der Waals surface area contributed by atoms with Crippen molar-refractivity contribution in [2.75, 3.05) is 0 Å². The quantitative estimate of drug-likeness (QED) is 0.395. The number of rotatable bonds is 0. The summed E-state index contributed by atoms with van der Waals surface area (Å²) in [6.45, 7) is 0. The average Bonchev–Trinajstić information content (AvgIpc) is 0. The molecule has 0 spiro atoms. The van der Waals surface area contributed by atoms with Crippen LogP contribution in [0.5, 0.6) is 0 Å². The van der Waals surface area contributed by atoms with Gasteiger partial charge in [0, 0.05) is 39.4 Å². The summed E-state index contributed by atoms with van der Waals surface area (Å²) < 4.78 is 0. The first kappa shape index (κ1) is 46.3. The predicted octanol–water partition coefficient (Wildman–Crippen LogP) is -3.56. The normalized spacial score (nSPS) is 0. The molecule has 0 bridgehead atoms. The van der Waals surface area contributed by atoms with E-state index >= 15 is 0 Å². The van der Waals surface area contributed by atoms with Crippen molar-refractivity contribution in [3.05, 3.63) is 0 Å². The molecule has 0 heterocycles. The number of hydrogen-bond acceptors (Lipinski definition) is 0. The van der Waals surface area contributed by atoms with Crippen LogP contribution in [-0.4, -0.2) is 51.4 Å². The van der Waals surface area contributed by atoms with Crippen LogP contribution in [0.3, 0.4) is 0 Å². The molecule has 0 amide bonds. The molecule has 40 valence electrons. The van der Waals surface area contributed by atoms with E-state index in [1.165, 1.54) is 0 Å². The van der Waals surface area contributed by atoms with Gasteiger partial charge in [0.1, 0.15) is 0 Å². The largest absolute Gasteiger partial charge is 0.316 e. The van der Waals surface area contributed by atoms with E-state index in [-0.39, 0.29) is 90.8 Å². The summed E-state index contributed by atoms with van der Waals surface area (Å²) in [7, 11) is 0. The zero-order valence-corrected chi connectivity index (χ0v) is 3.03. The third-order valence-electron chi connectivity index (χ3n) is 0. The second-order valence-electron chi connectivity index (χ2n) is 0.